The predicted octanol–water partition coefficient (Wildman–Crippen LogP) is 4.57. The van der Waals surface area contributed by atoms with Crippen LogP contribution in [-0.2, 0) is 5.41 Å². The summed E-state index contributed by atoms with van der Waals surface area (Å²) in [7, 11) is 0. The van der Waals surface area contributed by atoms with Gasteiger partial charge in [-0.2, -0.15) is 0 Å². The fourth-order valence-corrected chi connectivity index (χ4v) is 3.00. The third kappa shape index (κ3) is 1.97. The Bertz CT molecular complexity index is 439. The van der Waals surface area contributed by atoms with Crippen LogP contribution in [0.5, 0.6) is 0 Å². The molecule has 1 aromatic carbocycles. The lowest BCUT2D eigenvalue weighted by Crippen LogP contribution is -2.19. The molecule has 0 N–H and O–H groups in total. The molecule has 0 atom stereocenters. The van der Waals surface area contributed by atoms with Gasteiger partial charge in [-0.3, -0.25) is 0 Å². The van der Waals surface area contributed by atoms with Crippen LogP contribution < -0.4 is 0 Å². The Morgan fingerprint density at radius 3 is 2.56 bits per heavy atom. The largest absolute Gasteiger partial charge is 0.129 e. The molecule has 16 heavy (non-hydrogen) atoms. The summed E-state index contributed by atoms with van der Waals surface area (Å²) in [4.78, 5) is 1.38. The SMILES string of the molecule is CSc1ccccc1C(C)(C)C1=CCC=C1. The molecule has 84 valence electrons. The maximum Gasteiger partial charge on any atom is 0.0154 e. The quantitative estimate of drug-likeness (QED) is 0.685. The van der Waals surface area contributed by atoms with Crippen molar-refractivity contribution in [1.82, 2.24) is 0 Å². The molecule has 0 saturated heterocycles. The van der Waals surface area contributed by atoms with Crippen LogP contribution in [0, 0.1) is 0 Å². The van der Waals surface area contributed by atoms with Gasteiger partial charge in [0.1, 0.15) is 0 Å². The van der Waals surface area contributed by atoms with E-state index in [1.165, 1.54) is 16.0 Å². The number of hydrogen-bond donors (Lipinski definition) is 0. The monoisotopic (exact) mass is 230 g/mol. The molecular weight excluding hydrogens is 212 g/mol. The minimum atomic E-state index is 0.118. The lowest BCUT2D eigenvalue weighted by Gasteiger charge is -2.28. The van der Waals surface area contributed by atoms with Crippen molar-refractivity contribution in [2.75, 3.05) is 6.26 Å². The number of thioether (sulfide) groups is 1. The van der Waals surface area contributed by atoms with Gasteiger partial charge in [0.25, 0.3) is 0 Å². The van der Waals surface area contributed by atoms with E-state index < -0.39 is 0 Å². The highest BCUT2D eigenvalue weighted by atomic mass is 32.2. The molecule has 0 fully saturated rings. The Kier molecular flexibility index (Phi) is 3.25. The Morgan fingerprint density at radius 2 is 1.94 bits per heavy atom. The summed E-state index contributed by atoms with van der Waals surface area (Å²) < 4.78 is 0. The van der Waals surface area contributed by atoms with Gasteiger partial charge >= 0.3 is 0 Å². The predicted molar refractivity (Wildman–Crippen MR) is 73.1 cm³/mol. The van der Waals surface area contributed by atoms with E-state index in [1.54, 1.807) is 0 Å². The average Bonchev–Trinajstić information content (AvgIpc) is 2.83. The fraction of sp³-hybridized carbons (Fsp3) is 0.333. The van der Waals surface area contributed by atoms with Crippen LogP contribution in [0.15, 0.2) is 53.0 Å². The lowest BCUT2D eigenvalue weighted by atomic mass is 9.78. The Morgan fingerprint density at radius 1 is 1.19 bits per heavy atom. The van der Waals surface area contributed by atoms with Crippen molar-refractivity contribution in [2.45, 2.75) is 30.6 Å². The fourth-order valence-electron chi connectivity index (χ4n) is 2.24. The second-order valence-electron chi connectivity index (χ2n) is 4.62. The zero-order valence-electron chi connectivity index (χ0n) is 10.2. The van der Waals surface area contributed by atoms with E-state index in [2.05, 4.69) is 62.6 Å². The summed E-state index contributed by atoms with van der Waals surface area (Å²) in [5.41, 5.74) is 2.99. The second kappa shape index (κ2) is 4.50. The molecule has 0 bridgehead atoms. The van der Waals surface area contributed by atoms with Crippen LogP contribution in [-0.4, -0.2) is 6.26 Å². The molecule has 1 aliphatic rings. The molecule has 0 saturated carbocycles. The summed E-state index contributed by atoms with van der Waals surface area (Å²) in [6, 6.07) is 8.71. The maximum absolute atomic E-state index is 2.33. The minimum absolute atomic E-state index is 0.118. The zero-order chi connectivity index (χ0) is 11.6. The van der Waals surface area contributed by atoms with Crippen LogP contribution in [0.25, 0.3) is 0 Å². The summed E-state index contributed by atoms with van der Waals surface area (Å²) in [5, 5.41) is 0. The van der Waals surface area contributed by atoms with Gasteiger partial charge in [-0.05, 0) is 29.9 Å². The Labute approximate surface area is 102 Å². The highest BCUT2D eigenvalue weighted by molar-refractivity contribution is 7.98. The first kappa shape index (κ1) is 11.5. The molecule has 0 nitrogen and oxygen atoms in total. The summed E-state index contributed by atoms with van der Waals surface area (Å²) in [6.07, 6.45) is 10.1. The van der Waals surface area contributed by atoms with Gasteiger partial charge in [0.2, 0.25) is 0 Å². The van der Waals surface area contributed by atoms with Gasteiger partial charge in [-0.25, -0.2) is 0 Å². The summed E-state index contributed by atoms with van der Waals surface area (Å²) in [5.74, 6) is 0. The van der Waals surface area contributed by atoms with E-state index in [0.717, 1.165) is 6.42 Å². The van der Waals surface area contributed by atoms with Crippen molar-refractivity contribution in [3.63, 3.8) is 0 Å². The molecule has 0 aliphatic heterocycles. The topological polar surface area (TPSA) is 0 Å². The molecular formula is C15H18S. The first-order chi connectivity index (χ1) is 7.66. The van der Waals surface area contributed by atoms with E-state index in [4.69, 9.17) is 0 Å². The first-order valence-electron chi connectivity index (χ1n) is 5.67. The standard InChI is InChI=1S/C15H18S/c1-15(2,12-8-4-5-9-12)13-10-6-7-11-14(13)16-3/h4,6-11H,5H2,1-3H3. The van der Waals surface area contributed by atoms with Crippen LogP contribution in [0.1, 0.15) is 25.8 Å². The smallest absolute Gasteiger partial charge is 0.0154 e. The average molecular weight is 230 g/mol. The minimum Gasteiger partial charge on any atom is -0.129 e. The van der Waals surface area contributed by atoms with Gasteiger partial charge < -0.3 is 0 Å². The van der Waals surface area contributed by atoms with Crippen molar-refractivity contribution < 1.29 is 0 Å². The Hall–Kier alpha value is -0.950. The van der Waals surface area contributed by atoms with Crippen LogP contribution in [0.2, 0.25) is 0 Å². The van der Waals surface area contributed by atoms with E-state index in [1.807, 2.05) is 11.8 Å². The molecule has 1 aromatic rings. The molecule has 0 spiro atoms. The van der Waals surface area contributed by atoms with Gasteiger partial charge in [0.15, 0.2) is 0 Å². The summed E-state index contributed by atoms with van der Waals surface area (Å²) >= 11 is 1.83. The molecule has 0 unspecified atom stereocenters. The lowest BCUT2D eigenvalue weighted by molar-refractivity contribution is 0.626. The van der Waals surface area contributed by atoms with Crippen LogP contribution in [0.3, 0.4) is 0 Å². The highest BCUT2D eigenvalue weighted by Gasteiger charge is 2.27. The molecule has 0 amide bonds. The third-order valence-electron chi connectivity index (χ3n) is 3.27. The zero-order valence-corrected chi connectivity index (χ0v) is 11.0. The molecule has 0 aromatic heterocycles. The number of benzene rings is 1. The van der Waals surface area contributed by atoms with Crippen molar-refractivity contribution in [3.8, 4) is 0 Å². The van der Waals surface area contributed by atoms with Crippen molar-refractivity contribution >= 4 is 11.8 Å². The number of rotatable bonds is 3. The molecule has 0 heterocycles. The Balaban J connectivity index is 2.46. The molecule has 1 aliphatic carbocycles. The van der Waals surface area contributed by atoms with Crippen LogP contribution in [0.4, 0.5) is 0 Å². The molecule has 1 heteroatoms. The van der Waals surface area contributed by atoms with Gasteiger partial charge in [-0.15, -0.1) is 11.8 Å². The first-order valence-corrected chi connectivity index (χ1v) is 6.89. The van der Waals surface area contributed by atoms with E-state index in [0.29, 0.717) is 0 Å². The summed E-state index contributed by atoms with van der Waals surface area (Å²) in [6.45, 7) is 4.62. The maximum atomic E-state index is 2.33. The highest BCUT2D eigenvalue weighted by Crippen LogP contribution is 2.38. The van der Waals surface area contributed by atoms with Crippen molar-refractivity contribution in [2.24, 2.45) is 0 Å². The van der Waals surface area contributed by atoms with E-state index in [-0.39, 0.29) is 5.41 Å². The van der Waals surface area contributed by atoms with Crippen LogP contribution >= 0.6 is 11.8 Å². The van der Waals surface area contributed by atoms with Gasteiger partial charge in [0, 0.05) is 10.3 Å². The van der Waals surface area contributed by atoms with E-state index in [9.17, 15) is 0 Å². The number of allylic oxidation sites excluding steroid dienone is 4. The molecule has 0 radical (unpaired) electrons. The second-order valence-corrected chi connectivity index (χ2v) is 5.47. The van der Waals surface area contributed by atoms with Crippen molar-refractivity contribution in [3.05, 3.63) is 53.6 Å². The van der Waals surface area contributed by atoms with E-state index >= 15 is 0 Å². The molecule has 2 rings (SSSR count). The number of hydrogen-bond acceptors (Lipinski definition) is 1. The van der Waals surface area contributed by atoms with Gasteiger partial charge in [-0.1, -0.05) is 50.3 Å². The normalized spacial score (nSPS) is 15.3. The van der Waals surface area contributed by atoms with Crippen molar-refractivity contribution in [1.29, 1.82) is 0 Å². The third-order valence-corrected chi connectivity index (χ3v) is 4.07. The van der Waals surface area contributed by atoms with Gasteiger partial charge in [0.05, 0.1) is 0 Å².